The Hall–Kier alpha value is -0.520. The first-order chi connectivity index (χ1) is 7.88. The molecule has 0 aliphatic heterocycles. The van der Waals surface area contributed by atoms with Crippen molar-refractivity contribution in [3.63, 3.8) is 0 Å². The molecule has 3 nitrogen and oxygen atoms in total. The highest BCUT2D eigenvalue weighted by Gasteiger charge is 2.26. The van der Waals surface area contributed by atoms with Crippen molar-refractivity contribution < 1.29 is 9.90 Å². The molecule has 0 aromatic carbocycles. The molecule has 1 rings (SSSR count). The van der Waals surface area contributed by atoms with Gasteiger partial charge in [-0.15, -0.1) is 23.1 Å². The smallest absolute Gasteiger partial charge is 0.262 e. The maximum atomic E-state index is 11.9. The van der Waals surface area contributed by atoms with Crippen LogP contribution in [0.15, 0.2) is 16.3 Å². The van der Waals surface area contributed by atoms with E-state index in [0.29, 0.717) is 0 Å². The summed E-state index contributed by atoms with van der Waals surface area (Å²) in [6.45, 7) is 5.88. The van der Waals surface area contributed by atoms with Gasteiger partial charge in [0, 0.05) is 11.4 Å². The van der Waals surface area contributed by atoms with Gasteiger partial charge in [0.2, 0.25) is 0 Å². The van der Waals surface area contributed by atoms with E-state index in [1.165, 1.54) is 11.3 Å². The second kappa shape index (κ2) is 5.89. The van der Waals surface area contributed by atoms with E-state index in [0.717, 1.165) is 9.77 Å². The normalized spacial score (nSPS) is 14.7. The van der Waals surface area contributed by atoms with Crippen LogP contribution >= 0.6 is 23.1 Å². The number of carbonyl (C=O) groups excluding carboxylic acids is 1. The zero-order chi connectivity index (χ0) is 13.1. The highest BCUT2D eigenvalue weighted by molar-refractivity contribution is 7.98. The van der Waals surface area contributed by atoms with Gasteiger partial charge in [0.1, 0.15) is 4.88 Å². The number of hydrogen-bond acceptors (Lipinski definition) is 4. The standard InChI is InChI=1S/C12H19NO2S2/c1-8(2)12(3,15)7-13-11(14)10-9(16-4)5-6-17-10/h5-6,8,15H,7H2,1-4H3,(H,13,14). The lowest BCUT2D eigenvalue weighted by Gasteiger charge is -2.27. The second-order valence-electron chi connectivity index (χ2n) is 4.51. The molecule has 0 aliphatic rings. The first kappa shape index (κ1) is 14.5. The fourth-order valence-corrected chi connectivity index (χ4v) is 2.83. The van der Waals surface area contributed by atoms with E-state index in [4.69, 9.17) is 0 Å². The lowest BCUT2D eigenvalue weighted by atomic mass is 9.92. The van der Waals surface area contributed by atoms with Gasteiger partial charge in [0.05, 0.1) is 5.60 Å². The third-order valence-corrected chi connectivity index (χ3v) is 4.73. The number of nitrogens with one attached hydrogen (secondary N) is 1. The molecule has 0 saturated heterocycles. The molecule has 17 heavy (non-hydrogen) atoms. The molecule has 1 unspecified atom stereocenters. The Balaban J connectivity index is 2.62. The summed E-state index contributed by atoms with van der Waals surface area (Å²) < 4.78 is 0. The average Bonchev–Trinajstić information content (AvgIpc) is 2.73. The summed E-state index contributed by atoms with van der Waals surface area (Å²) in [5.41, 5.74) is -0.869. The van der Waals surface area contributed by atoms with Gasteiger partial charge >= 0.3 is 0 Å². The second-order valence-corrected chi connectivity index (χ2v) is 6.28. The fraction of sp³-hybridized carbons (Fsp3) is 0.583. The van der Waals surface area contributed by atoms with Crippen LogP contribution in [0.5, 0.6) is 0 Å². The first-order valence-corrected chi connectivity index (χ1v) is 7.61. The molecule has 96 valence electrons. The predicted molar refractivity (Wildman–Crippen MR) is 73.9 cm³/mol. The molecule has 0 aliphatic carbocycles. The molecule has 1 atom stereocenters. The molecule has 0 bridgehead atoms. The predicted octanol–water partition coefficient (Wildman–Crippen LogP) is 2.61. The van der Waals surface area contributed by atoms with E-state index in [1.807, 2.05) is 31.5 Å². The molecule has 0 saturated carbocycles. The van der Waals surface area contributed by atoms with Crippen LogP contribution in [0.1, 0.15) is 30.4 Å². The Kier molecular flexibility index (Phi) is 5.04. The minimum Gasteiger partial charge on any atom is -0.388 e. The van der Waals surface area contributed by atoms with Crippen molar-refractivity contribution in [2.24, 2.45) is 5.92 Å². The Morgan fingerprint density at radius 2 is 2.29 bits per heavy atom. The molecule has 0 spiro atoms. The number of carbonyl (C=O) groups is 1. The summed E-state index contributed by atoms with van der Waals surface area (Å²) in [4.78, 5) is 13.6. The quantitative estimate of drug-likeness (QED) is 0.811. The molecule has 0 radical (unpaired) electrons. The number of thiophene rings is 1. The van der Waals surface area contributed by atoms with Crippen molar-refractivity contribution in [3.05, 3.63) is 16.3 Å². The number of aliphatic hydroxyl groups is 1. The van der Waals surface area contributed by atoms with Crippen molar-refractivity contribution in [3.8, 4) is 0 Å². The van der Waals surface area contributed by atoms with Gasteiger partial charge in [-0.1, -0.05) is 13.8 Å². The molecule has 0 fully saturated rings. The summed E-state index contributed by atoms with van der Waals surface area (Å²) in [6, 6.07) is 1.94. The fourth-order valence-electron chi connectivity index (χ4n) is 1.17. The Morgan fingerprint density at radius 3 is 2.82 bits per heavy atom. The maximum absolute atomic E-state index is 11.9. The van der Waals surface area contributed by atoms with Crippen LogP contribution in [0.2, 0.25) is 0 Å². The van der Waals surface area contributed by atoms with Crippen LogP contribution in [0, 0.1) is 5.92 Å². The first-order valence-electron chi connectivity index (χ1n) is 5.50. The summed E-state index contributed by atoms with van der Waals surface area (Å²) in [5.74, 6) is -0.00330. The highest BCUT2D eigenvalue weighted by atomic mass is 32.2. The molecule has 1 amide bonds. The van der Waals surface area contributed by atoms with Gasteiger partial charge in [-0.2, -0.15) is 0 Å². The van der Waals surface area contributed by atoms with Gasteiger partial charge in [-0.3, -0.25) is 4.79 Å². The van der Waals surface area contributed by atoms with Crippen LogP contribution in [0.25, 0.3) is 0 Å². The summed E-state index contributed by atoms with van der Waals surface area (Å²) in [7, 11) is 0. The van der Waals surface area contributed by atoms with E-state index in [-0.39, 0.29) is 18.4 Å². The largest absolute Gasteiger partial charge is 0.388 e. The van der Waals surface area contributed by atoms with E-state index in [9.17, 15) is 9.90 Å². The molecule has 1 aromatic rings. The van der Waals surface area contributed by atoms with Gasteiger partial charge in [0.15, 0.2) is 0 Å². The Morgan fingerprint density at radius 1 is 1.65 bits per heavy atom. The average molecular weight is 273 g/mol. The van der Waals surface area contributed by atoms with Crippen molar-refractivity contribution in [2.45, 2.75) is 31.3 Å². The van der Waals surface area contributed by atoms with Gasteiger partial charge in [0.25, 0.3) is 5.91 Å². The molecule has 1 aromatic heterocycles. The number of thioether (sulfide) groups is 1. The Labute approximate surface area is 111 Å². The molecular weight excluding hydrogens is 254 g/mol. The van der Waals surface area contributed by atoms with Crippen LogP contribution < -0.4 is 5.32 Å². The van der Waals surface area contributed by atoms with Crippen LogP contribution in [-0.4, -0.2) is 29.4 Å². The zero-order valence-corrected chi connectivity index (χ0v) is 12.2. The summed E-state index contributed by atoms with van der Waals surface area (Å²) in [5, 5.41) is 14.7. The van der Waals surface area contributed by atoms with Crippen molar-refractivity contribution >= 4 is 29.0 Å². The van der Waals surface area contributed by atoms with Crippen molar-refractivity contribution in [1.29, 1.82) is 0 Å². The van der Waals surface area contributed by atoms with E-state index >= 15 is 0 Å². The Bertz CT molecular complexity index is 386. The molecular formula is C12H19NO2S2. The summed E-state index contributed by atoms with van der Waals surface area (Å²) in [6.07, 6.45) is 1.95. The highest BCUT2D eigenvalue weighted by Crippen LogP contribution is 2.25. The number of rotatable bonds is 5. The third kappa shape index (κ3) is 3.72. The van der Waals surface area contributed by atoms with Gasteiger partial charge in [-0.25, -0.2) is 0 Å². The van der Waals surface area contributed by atoms with E-state index in [1.54, 1.807) is 18.7 Å². The minimum absolute atomic E-state index is 0.103. The summed E-state index contributed by atoms with van der Waals surface area (Å²) >= 11 is 2.98. The van der Waals surface area contributed by atoms with Crippen molar-refractivity contribution in [2.75, 3.05) is 12.8 Å². The monoisotopic (exact) mass is 273 g/mol. The minimum atomic E-state index is -0.869. The zero-order valence-electron chi connectivity index (χ0n) is 10.6. The van der Waals surface area contributed by atoms with Crippen LogP contribution in [0.3, 0.4) is 0 Å². The van der Waals surface area contributed by atoms with Gasteiger partial charge in [-0.05, 0) is 30.5 Å². The number of hydrogen-bond donors (Lipinski definition) is 2. The molecule has 2 N–H and O–H groups in total. The lowest BCUT2D eigenvalue weighted by Crippen LogP contribution is -2.44. The third-order valence-electron chi connectivity index (χ3n) is 2.91. The number of amides is 1. The topological polar surface area (TPSA) is 49.3 Å². The van der Waals surface area contributed by atoms with Gasteiger partial charge < -0.3 is 10.4 Å². The lowest BCUT2D eigenvalue weighted by molar-refractivity contribution is 0.0142. The SMILES string of the molecule is CSc1ccsc1C(=O)NCC(C)(O)C(C)C. The van der Waals surface area contributed by atoms with E-state index < -0.39 is 5.60 Å². The molecule has 1 heterocycles. The van der Waals surface area contributed by atoms with Crippen molar-refractivity contribution in [1.82, 2.24) is 5.32 Å². The van der Waals surface area contributed by atoms with Crippen LogP contribution in [0.4, 0.5) is 0 Å². The van der Waals surface area contributed by atoms with Crippen LogP contribution in [-0.2, 0) is 0 Å². The van der Waals surface area contributed by atoms with E-state index in [2.05, 4.69) is 5.32 Å². The maximum Gasteiger partial charge on any atom is 0.262 e. The molecule has 5 heteroatoms.